The van der Waals surface area contributed by atoms with Crippen molar-refractivity contribution >= 4 is 86.0 Å². The van der Waals surface area contributed by atoms with E-state index in [-0.39, 0.29) is 0 Å². The highest BCUT2D eigenvalue weighted by molar-refractivity contribution is 7.26. The third kappa shape index (κ3) is 3.14. The molecule has 4 nitrogen and oxygen atoms in total. The second kappa shape index (κ2) is 8.51. The highest BCUT2D eigenvalue weighted by Gasteiger charge is 2.21. The summed E-state index contributed by atoms with van der Waals surface area (Å²) in [5.74, 6) is 0.684. The molecule has 0 aliphatic heterocycles. The Kier molecular flexibility index (Phi) is 4.57. The first-order chi connectivity index (χ1) is 21.3. The van der Waals surface area contributed by atoms with Gasteiger partial charge in [-0.05, 0) is 47.2 Å². The van der Waals surface area contributed by atoms with Gasteiger partial charge in [-0.1, -0.05) is 91.0 Å². The molecule has 0 aliphatic carbocycles. The molecule has 4 heterocycles. The van der Waals surface area contributed by atoms with Gasteiger partial charge >= 0.3 is 0 Å². The average Bonchev–Trinajstić information content (AvgIpc) is 3.71. The van der Waals surface area contributed by atoms with E-state index in [1.807, 2.05) is 17.5 Å². The summed E-state index contributed by atoms with van der Waals surface area (Å²) in [6.07, 6.45) is 2.00. The monoisotopic (exact) mass is 566 g/mol. The number of thiophene rings is 1. The average molecular weight is 567 g/mol. The highest BCUT2D eigenvalue weighted by atomic mass is 32.1. The molecule has 0 N–H and O–H groups in total. The summed E-state index contributed by atoms with van der Waals surface area (Å²) in [6, 6.07) is 45.4. The van der Waals surface area contributed by atoms with E-state index in [0.717, 1.165) is 38.7 Å². The molecule has 6 aromatic carbocycles. The second-order valence-corrected chi connectivity index (χ2v) is 12.1. The van der Waals surface area contributed by atoms with Crippen molar-refractivity contribution in [2.45, 2.75) is 0 Å². The summed E-state index contributed by atoms with van der Waals surface area (Å²) < 4.78 is 7.11. The van der Waals surface area contributed by atoms with E-state index < -0.39 is 0 Å². The molecule has 0 aliphatic rings. The van der Waals surface area contributed by atoms with Crippen LogP contribution in [0.1, 0.15) is 0 Å². The Morgan fingerprint density at radius 2 is 1.23 bits per heavy atom. The third-order valence-corrected chi connectivity index (χ3v) is 9.94. The first-order valence-electron chi connectivity index (χ1n) is 14.4. The van der Waals surface area contributed by atoms with Crippen molar-refractivity contribution in [3.63, 3.8) is 0 Å². The van der Waals surface area contributed by atoms with Gasteiger partial charge in [-0.3, -0.25) is 4.57 Å². The van der Waals surface area contributed by atoms with Crippen LogP contribution >= 0.6 is 11.3 Å². The minimum Gasteiger partial charge on any atom is -0.306 e. The zero-order valence-corrected chi connectivity index (χ0v) is 23.7. The lowest BCUT2D eigenvalue weighted by Gasteiger charge is -2.09. The van der Waals surface area contributed by atoms with E-state index in [2.05, 4.69) is 137 Å². The van der Waals surface area contributed by atoms with Crippen LogP contribution in [-0.4, -0.2) is 19.1 Å². The molecular weight excluding hydrogens is 545 g/mol. The van der Waals surface area contributed by atoms with Crippen LogP contribution in [0.4, 0.5) is 0 Å². The standard InChI is InChI=1S/C38H22N4S/c1-2-12-25(13-3-1)41-32-21-24-11-5-4-10-23(24)20-30(32)35-33(41)22-39-38(40-35)42-31-16-8-6-14-26(31)28-18-19-29-27-15-7-9-17-34(27)43-37(29)36(28)42/h1-22H. The Morgan fingerprint density at radius 1 is 0.512 bits per heavy atom. The first kappa shape index (κ1) is 23.1. The van der Waals surface area contributed by atoms with Gasteiger partial charge in [-0.15, -0.1) is 11.3 Å². The number of nitrogens with zero attached hydrogens (tertiary/aromatic N) is 4. The van der Waals surface area contributed by atoms with Crippen molar-refractivity contribution in [3.05, 3.63) is 134 Å². The third-order valence-electron chi connectivity index (χ3n) is 8.75. The summed E-state index contributed by atoms with van der Waals surface area (Å²) in [7, 11) is 0. The van der Waals surface area contributed by atoms with Crippen LogP contribution < -0.4 is 0 Å². The van der Waals surface area contributed by atoms with Crippen LogP contribution in [0.15, 0.2) is 134 Å². The van der Waals surface area contributed by atoms with E-state index >= 15 is 0 Å². The van der Waals surface area contributed by atoms with Gasteiger partial charge < -0.3 is 4.57 Å². The molecule has 0 spiro atoms. The fourth-order valence-corrected chi connectivity index (χ4v) is 8.10. The molecule has 4 aromatic heterocycles. The van der Waals surface area contributed by atoms with Gasteiger partial charge in [0.25, 0.3) is 0 Å². The Balaban J connectivity index is 1.36. The summed E-state index contributed by atoms with van der Waals surface area (Å²) >= 11 is 1.84. The van der Waals surface area contributed by atoms with E-state index in [1.54, 1.807) is 0 Å². The van der Waals surface area contributed by atoms with Crippen molar-refractivity contribution in [1.82, 2.24) is 19.1 Å². The number of aromatic nitrogens is 4. The van der Waals surface area contributed by atoms with Gasteiger partial charge in [0.05, 0.1) is 33.0 Å². The predicted molar refractivity (Wildman–Crippen MR) is 181 cm³/mol. The van der Waals surface area contributed by atoms with E-state index in [0.29, 0.717) is 5.95 Å². The van der Waals surface area contributed by atoms with Crippen molar-refractivity contribution in [3.8, 4) is 11.6 Å². The summed E-state index contributed by atoms with van der Waals surface area (Å²) in [4.78, 5) is 10.5. The molecule has 0 radical (unpaired) electrons. The Hall–Kier alpha value is -5.52. The van der Waals surface area contributed by atoms with Crippen LogP contribution in [0.5, 0.6) is 0 Å². The minimum absolute atomic E-state index is 0.684. The van der Waals surface area contributed by atoms with E-state index in [9.17, 15) is 0 Å². The lowest BCUT2D eigenvalue weighted by atomic mass is 10.1. The van der Waals surface area contributed by atoms with Crippen LogP contribution in [-0.2, 0) is 0 Å². The van der Waals surface area contributed by atoms with Crippen molar-refractivity contribution in [2.24, 2.45) is 0 Å². The van der Waals surface area contributed by atoms with Gasteiger partial charge in [0, 0.05) is 37.3 Å². The van der Waals surface area contributed by atoms with Crippen molar-refractivity contribution in [1.29, 1.82) is 0 Å². The molecule has 0 unspecified atom stereocenters. The molecule has 200 valence electrons. The molecule has 0 saturated carbocycles. The molecule has 43 heavy (non-hydrogen) atoms. The summed E-state index contributed by atoms with van der Waals surface area (Å²) in [5.41, 5.74) is 6.44. The molecule has 5 heteroatoms. The zero-order chi connectivity index (χ0) is 28.1. The molecule has 10 rings (SSSR count). The zero-order valence-electron chi connectivity index (χ0n) is 22.9. The first-order valence-corrected chi connectivity index (χ1v) is 15.2. The minimum atomic E-state index is 0.684. The van der Waals surface area contributed by atoms with Crippen LogP contribution in [0.2, 0.25) is 0 Å². The maximum absolute atomic E-state index is 5.40. The smallest absolute Gasteiger partial charge is 0.235 e. The van der Waals surface area contributed by atoms with Gasteiger partial charge in [0.15, 0.2) is 0 Å². The van der Waals surface area contributed by atoms with E-state index in [1.165, 1.54) is 41.7 Å². The Morgan fingerprint density at radius 3 is 2.12 bits per heavy atom. The number of fused-ring (bicyclic) bond motifs is 11. The lowest BCUT2D eigenvalue weighted by molar-refractivity contribution is 1.01. The summed E-state index contributed by atoms with van der Waals surface area (Å²) in [5, 5.41) is 8.51. The van der Waals surface area contributed by atoms with Gasteiger partial charge in [0.1, 0.15) is 5.52 Å². The quantitative estimate of drug-likeness (QED) is 0.209. The number of benzene rings is 6. The molecule has 0 fully saturated rings. The van der Waals surface area contributed by atoms with Crippen LogP contribution in [0.25, 0.3) is 86.3 Å². The van der Waals surface area contributed by atoms with Gasteiger partial charge in [0.2, 0.25) is 5.95 Å². The maximum Gasteiger partial charge on any atom is 0.235 e. The highest BCUT2D eigenvalue weighted by Crippen LogP contribution is 2.43. The van der Waals surface area contributed by atoms with Crippen LogP contribution in [0.3, 0.4) is 0 Å². The second-order valence-electron chi connectivity index (χ2n) is 11.1. The Labute approximate surface area is 249 Å². The van der Waals surface area contributed by atoms with Crippen molar-refractivity contribution in [2.75, 3.05) is 0 Å². The van der Waals surface area contributed by atoms with Crippen LogP contribution in [0, 0.1) is 0 Å². The number of hydrogen-bond acceptors (Lipinski definition) is 3. The fraction of sp³-hybridized carbons (Fsp3) is 0. The topological polar surface area (TPSA) is 35.6 Å². The number of hydrogen-bond donors (Lipinski definition) is 0. The molecule has 0 atom stereocenters. The fourth-order valence-electron chi connectivity index (χ4n) is 6.86. The number of para-hydroxylation sites is 2. The molecule has 10 aromatic rings. The Bertz CT molecular complexity index is 2730. The maximum atomic E-state index is 5.40. The molecule has 0 amide bonds. The molecule has 0 bridgehead atoms. The number of rotatable bonds is 2. The van der Waals surface area contributed by atoms with Gasteiger partial charge in [-0.2, -0.15) is 0 Å². The molecule has 0 saturated heterocycles. The van der Waals surface area contributed by atoms with Crippen molar-refractivity contribution < 1.29 is 0 Å². The normalized spacial score (nSPS) is 12.2. The van der Waals surface area contributed by atoms with Gasteiger partial charge in [-0.25, -0.2) is 9.97 Å². The molecular formula is C38H22N4S. The predicted octanol–water partition coefficient (Wildman–Crippen LogP) is 10.2. The largest absolute Gasteiger partial charge is 0.306 e. The van der Waals surface area contributed by atoms with E-state index in [4.69, 9.17) is 9.97 Å². The lowest BCUT2D eigenvalue weighted by Crippen LogP contribution is -2.01. The summed E-state index contributed by atoms with van der Waals surface area (Å²) in [6.45, 7) is 0. The SMILES string of the molecule is c1ccc(-n2c3cc4ccccc4cc3c3nc(-n4c5ccccc5c5ccc6c7ccccc7sc6c54)ncc32)cc1.